The number of ether oxygens (including phenoxy) is 1. The standard InChI is InChI=1S/C33H32F2N6O2S/c1-21(34)31(42)41-15-14-39(19-22(41)7-11-36)30-26-17-27(35)25(23-5-2-6-29-24(23)8-16-44-29)18-28(26)37-32(38-30)43-20-33-9-3-12-40(33)13-4-10-33/h2,5-6,8,16-18,22H,1,3-4,7,9-10,12-15,19-20H2/t22-/m0/s1. The maximum absolute atomic E-state index is 16.0. The van der Waals surface area contributed by atoms with Crippen molar-refractivity contribution in [3.8, 4) is 23.2 Å². The van der Waals surface area contributed by atoms with Crippen molar-refractivity contribution in [2.75, 3.05) is 44.2 Å². The zero-order chi connectivity index (χ0) is 30.4. The van der Waals surface area contributed by atoms with Crippen LogP contribution >= 0.6 is 11.3 Å². The molecule has 5 heterocycles. The summed E-state index contributed by atoms with van der Waals surface area (Å²) in [7, 11) is 0. The van der Waals surface area contributed by atoms with Gasteiger partial charge in [-0.15, -0.1) is 11.3 Å². The number of aromatic nitrogens is 2. The molecule has 0 N–H and O–H groups in total. The number of rotatable bonds is 7. The van der Waals surface area contributed by atoms with E-state index in [0.717, 1.165) is 54.4 Å². The molecule has 2 aromatic carbocycles. The van der Waals surface area contributed by atoms with Gasteiger partial charge in [-0.1, -0.05) is 18.7 Å². The number of carbonyl (C=O) groups is 1. The summed E-state index contributed by atoms with van der Waals surface area (Å²) < 4.78 is 37.2. The molecule has 0 spiro atoms. The molecule has 0 unspecified atom stereocenters. The van der Waals surface area contributed by atoms with Crippen LogP contribution in [0.15, 0.2) is 54.2 Å². The van der Waals surface area contributed by atoms with E-state index >= 15 is 4.39 Å². The molecule has 11 heteroatoms. The van der Waals surface area contributed by atoms with Gasteiger partial charge in [-0.2, -0.15) is 15.2 Å². The maximum atomic E-state index is 16.0. The van der Waals surface area contributed by atoms with Crippen LogP contribution in [0.3, 0.4) is 0 Å². The number of nitriles is 1. The average molecular weight is 615 g/mol. The van der Waals surface area contributed by atoms with Crippen LogP contribution in [0, 0.1) is 17.1 Å². The first-order chi connectivity index (χ1) is 21.4. The highest BCUT2D eigenvalue weighted by molar-refractivity contribution is 7.17. The van der Waals surface area contributed by atoms with Crippen molar-refractivity contribution in [2.24, 2.45) is 0 Å². The summed E-state index contributed by atoms with van der Waals surface area (Å²) in [5.74, 6) is -1.83. The van der Waals surface area contributed by atoms with Crippen LogP contribution in [-0.4, -0.2) is 76.6 Å². The van der Waals surface area contributed by atoms with Gasteiger partial charge in [0.2, 0.25) is 0 Å². The molecule has 1 amide bonds. The lowest BCUT2D eigenvalue weighted by atomic mass is 9.95. The molecule has 0 bridgehead atoms. The third kappa shape index (κ3) is 4.96. The minimum absolute atomic E-state index is 0.00338. The number of carbonyl (C=O) groups excluding carboxylic acids is 1. The molecule has 4 aromatic rings. The van der Waals surface area contributed by atoms with Crippen molar-refractivity contribution >= 4 is 44.1 Å². The summed E-state index contributed by atoms with van der Waals surface area (Å²) in [5.41, 5.74) is 1.74. The molecular formula is C33H32F2N6O2S. The molecule has 3 fully saturated rings. The Kier molecular flexibility index (Phi) is 7.42. The Hall–Kier alpha value is -4.14. The Labute approximate surface area is 258 Å². The zero-order valence-electron chi connectivity index (χ0n) is 24.3. The highest BCUT2D eigenvalue weighted by atomic mass is 32.1. The largest absolute Gasteiger partial charge is 0.461 e. The Morgan fingerprint density at radius 3 is 2.70 bits per heavy atom. The summed E-state index contributed by atoms with van der Waals surface area (Å²) in [5, 5.41) is 13.0. The lowest BCUT2D eigenvalue weighted by Gasteiger charge is -2.41. The number of halogens is 2. The Morgan fingerprint density at radius 1 is 1.11 bits per heavy atom. The highest BCUT2D eigenvalue weighted by Gasteiger charge is 2.45. The fraction of sp³-hybridized carbons (Fsp3) is 0.394. The minimum Gasteiger partial charge on any atom is -0.461 e. The van der Waals surface area contributed by atoms with Gasteiger partial charge in [0.15, 0.2) is 5.83 Å². The molecule has 2 aromatic heterocycles. The fourth-order valence-corrected chi connectivity index (χ4v) is 8.08. The molecule has 7 rings (SSSR count). The van der Waals surface area contributed by atoms with Gasteiger partial charge in [0.25, 0.3) is 5.91 Å². The predicted octanol–water partition coefficient (Wildman–Crippen LogP) is 6.07. The van der Waals surface area contributed by atoms with Gasteiger partial charge in [0.1, 0.15) is 18.2 Å². The molecule has 8 nitrogen and oxygen atoms in total. The lowest BCUT2D eigenvalue weighted by Crippen LogP contribution is -2.55. The smallest absolute Gasteiger partial charge is 0.319 e. The lowest BCUT2D eigenvalue weighted by molar-refractivity contribution is -0.131. The van der Waals surface area contributed by atoms with E-state index in [-0.39, 0.29) is 31.1 Å². The highest BCUT2D eigenvalue weighted by Crippen LogP contribution is 2.40. The van der Waals surface area contributed by atoms with Crippen LogP contribution in [0.2, 0.25) is 0 Å². The third-order valence-corrected chi connectivity index (χ3v) is 10.3. The van der Waals surface area contributed by atoms with Crippen molar-refractivity contribution in [3.05, 3.63) is 60.0 Å². The first-order valence-corrected chi connectivity index (χ1v) is 15.9. The van der Waals surface area contributed by atoms with Gasteiger partial charge in [-0.25, -0.2) is 8.78 Å². The Morgan fingerprint density at radius 2 is 1.93 bits per heavy atom. The van der Waals surface area contributed by atoms with Crippen LogP contribution in [0.4, 0.5) is 14.6 Å². The fourth-order valence-electron chi connectivity index (χ4n) is 7.26. The van der Waals surface area contributed by atoms with E-state index in [9.17, 15) is 14.4 Å². The maximum Gasteiger partial charge on any atom is 0.319 e. The normalized spacial score (nSPS) is 19.8. The molecule has 1 atom stereocenters. The predicted molar refractivity (Wildman–Crippen MR) is 167 cm³/mol. The zero-order valence-corrected chi connectivity index (χ0v) is 25.1. The van der Waals surface area contributed by atoms with Gasteiger partial charge in [-0.05, 0) is 74.0 Å². The molecule has 44 heavy (non-hydrogen) atoms. The van der Waals surface area contributed by atoms with Crippen molar-refractivity contribution in [1.82, 2.24) is 19.8 Å². The second kappa shape index (κ2) is 11.4. The number of piperazine rings is 1. The van der Waals surface area contributed by atoms with Gasteiger partial charge < -0.3 is 14.5 Å². The number of hydrogen-bond donors (Lipinski definition) is 0. The van der Waals surface area contributed by atoms with E-state index in [1.54, 1.807) is 17.4 Å². The number of anilines is 1. The first-order valence-electron chi connectivity index (χ1n) is 15.0. The molecule has 0 aliphatic carbocycles. The number of fused-ring (bicyclic) bond motifs is 3. The molecule has 3 saturated heterocycles. The van der Waals surface area contributed by atoms with Crippen molar-refractivity contribution < 1.29 is 18.3 Å². The van der Waals surface area contributed by atoms with Crippen molar-refractivity contribution in [1.29, 1.82) is 5.26 Å². The van der Waals surface area contributed by atoms with Crippen molar-refractivity contribution in [3.63, 3.8) is 0 Å². The van der Waals surface area contributed by atoms with E-state index in [2.05, 4.69) is 17.5 Å². The molecule has 3 aliphatic heterocycles. The number of nitrogens with zero attached hydrogens (tertiary/aromatic N) is 6. The molecular weight excluding hydrogens is 582 g/mol. The first kappa shape index (κ1) is 28.6. The van der Waals surface area contributed by atoms with Crippen molar-refractivity contribution in [2.45, 2.75) is 43.7 Å². The molecule has 0 saturated carbocycles. The number of benzene rings is 2. The minimum atomic E-state index is -1.06. The van der Waals surface area contributed by atoms with E-state index in [4.69, 9.17) is 14.7 Å². The van der Waals surface area contributed by atoms with Crippen LogP contribution in [0.25, 0.3) is 32.1 Å². The quantitative estimate of drug-likeness (QED) is 0.234. The van der Waals surface area contributed by atoms with Gasteiger partial charge in [0, 0.05) is 40.7 Å². The van der Waals surface area contributed by atoms with Crippen LogP contribution in [0.5, 0.6) is 6.01 Å². The summed E-state index contributed by atoms with van der Waals surface area (Å²) >= 11 is 1.60. The number of amides is 1. The van der Waals surface area contributed by atoms with Crippen LogP contribution < -0.4 is 9.64 Å². The second-order valence-corrected chi connectivity index (χ2v) is 12.8. The van der Waals surface area contributed by atoms with Gasteiger partial charge >= 0.3 is 6.01 Å². The van der Waals surface area contributed by atoms with Gasteiger partial charge in [-0.3, -0.25) is 9.69 Å². The molecule has 0 radical (unpaired) electrons. The molecule has 3 aliphatic rings. The number of hydrogen-bond acceptors (Lipinski definition) is 8. The van der Waals surface area contributed by atoms with E-state index in [1.807, 2.05) is 34.5 Å². The Balaban J connectivity index is 1.30. The van der Waals surface area contributed by atoms with Crippen LogP contribution in [-0.2, 0) is 4.79 Å². The second-order valence-electron chi connectivity index (χ2n) is 11.9. The molecule has 226 valence electrons. The SMILES string of the molecule is C=C(F)C(=O)N1CCN(c2nc(OCC34CCCN3CCC4)nc3cc(-c4cccc5sccc45)c(F)cc23)C[C@@H]1CC#N. The van der Waals surface area contributed by atoms with E-state index in [1.165, 1.54) is 11.0 Å². The summed E-state index contributed by atoms with van der Waals surface area (Å²) in [6, 6.07) is 12.8. The van der Waals surface area contributed by atoms with E-state index < -0.39 is 23.6 Å². The summed E-state index contributed by atoms with van der Waals surface area (Å²) in [6.07, 6.45) is 4.42. The topological polar surface area (TPSA) is 85.6 Å². The van der Waals surface area contributed by atoms with E-state index in [0.29, 0.717) is 35.4 Å². The number of thiophene rings is 1. The van der Waals surface area contributed by atoms with Crippen LogP contribution in [0.1, 0.15) is 32.1 Å². The average Bonchev–Trinajstić information content (AvgIpc) is 3.75. The third-order valence-electron chi connectivity index (χ3n) is 9.41. The summed E-state index contributed by atoms with van der Waals surface area (Å²) in [4.78, 5) is 27.9. The Bertz CT molecular complexity index is 1810. The summed E-state index contributed by atoms with van der Waals surface area (Å²) in [6.45, 7) is 6.44. The monoisotopic (exact) mass is 614 g/mol. The van der Waals surface area contributed by atoms with Gasteiger partial charge in [0.05, 0.1) is 29.6 Å².